The van der Waals surface area contributed by atoms with Gasteiger partial charge in [-0.05, 0) is 11.1 Å². The number of hydrogen-bond donors (Lipinski definition) is 0. The molecule has 0 bridgehead atoms. The number of hydrogen-bond acceptors (Lipinski definition) is 1. The summed E-state index contributed by atoms with van der Waals surface area (Å²) in [6, 6.07) is 10.2. The SMILES string of the molecule is C=C/C=C\C=C(/C=C)C1(c2ccccc2)CO1. The second-order valence-corrected chi connectivity index (χ2v) is 3.93. The Morgan fingerprint density at radius 2 is 1.88 bits per heavy atom. The summed E-state index contributed by atoms with van der Waals surface area (Å²) in [6.07, 6.45) is 9.48. The zero-order valence-electron chi connectivity index (χ0n) is 9.80. The molecule has 1 aliphatic heterocycles. The first kappa shape index (κ1) is 11.6. The Morgan fingerprint density at radius 1 is 1.18 bits per heavy atom. The second kappa shape index (κ2) is 4.98. The van der Waals surface area contributed by atoms with Crippen LogP contribution in [-0.2, 0) is 10.3 Å². The van der Waals surface area contributed by atoms with E-state index in [1.807, 2.05) is 42.5 Å². The van der Waals surface area contributed by atoms with Crippen LogP contribution in [0.25, 0.3) is 0 Å². The Balaban J connectivity index is 2.31. The van der Waals surface area contributed by atoms with E-state index in [0.717, 1.165) is 12.2 Å². The molecule has 2 rings (SSSR count). The highest BCUT2D eigenvalue weighted by Gasteiger charge is 2.48. The first-order valence-electron chi connectivity index (χ1n) is 5.65. The molecule has 0 aromatic heterocycles. The van der Waals surface area contributed by atoms with E-state index in [-0.39, 0.29) is 5.60 Å². The maximum atomic E-state index is 5.67. The van der Waals surface area contributed by atoms with Gasteiger partial charge in [0.15, 0.2) is 0 Å². The third-order valence-electron chi connectivity index (χ3n) is 2.88. The van der Waals surface area contributed by atoms with Crippen LogP contribution in [-0.4, -0.2) is 6.61 Å². The highest BCUT2D eigenvalue weighted by atomic mass is 16.6. The molecule has 86 valence electrons. The van der Waals surface area contributed by atoms with Crippen molar-refractivity contribution in [1.29, 1.82) is 0 Å². The van der Waals surface area contributed by atoms with E-state index in [4.69, 9.17) is 4.74 Å². The van der Waals surface area contributed by atoms with E-state index in [1.54, 1.807) is 6.08 Å². The molecule has 17 heavy (non-hydrogen) atoms. The molecule has 0 N–H and O–H groups in total. The Bertz CT molecular complexity index is 462. The van der Waals surface area contributed by atoms with Gasteiger partial charge in [-0.3, -0.25) is 0 Å². The van der Waals surface area contributed by atoms with Gasteiger partial charge in [-0.25, -0.2) is 0 Å². The molecular formula is C16H16O. The van der Waals surface area contributed by atoms with Crippen LogP contribution < -0.4 is 0 Å². The van der Waals surface area contributed by atoms with Crippen LogP contribution in [0.5, 0.6) is 0 Å². The van der Waals surface area contributed by atoms with Crippen molar-refractivity contribution in [3.05, 3.63) is 85.0 Å². The van der Waals surface area contributed by atoms with Gasteiger partial charge in [0.25, 0.3) is 0 Å². The predicted octanol–water partition coefficient (Wildman–Crippen LogP) is 3.77. The molecular weight excluding hydrogens is 208 g/mol. The number of benzene rings is 1. The molecule has 1 nitrogen and oxygen atoms in total. The average Bonchev–Trinajstić information content (AvgIpc) is 3.17. The Labute approximate surface area is 102 Å². The van der Waals surface area contributed by atoms with Gasteiger partial charge >= 0.3 is 0 Å². The van der Waals surface area contributed by atoms with Crippen LogP contribution in [0.3, 0.4) is 0 Å². The van der Waals surface area contributed by atoms with E-state index in [0.29, 0.717) is 0 Å². The normalized spacial score (nSPS) is 23.6. The summed E-state index contributed by atoms with van der Waals surface area (Å²) < 4.78 is 5.67. The molecule has 1 unspecified atom stereocenters. The van der Waals surface area contributed by atoms with E-state index in [1.165, 1.54) is 5.56 Å². The lowest BCUT2D eigenvalue weighted by Gasteiger charge is -2.13. The van der Waals surface area contributed by atoms with E-state index < -0.39 is 0 Å². The van der Waals surface area contributed by atoms with Crippen LogP contribution in [0.1, 0.15) is 5.56 Å². The van der Waals surface area contributed by atoms with Crippen LogP contribution >= 0.6 is 0 Å². The van der Waals surface area contributed by atoms with Crippen molar-refractivity contribution >= 4 is 0 Å². The van der Waals surface area contributed by atoms with Crippen molar-refractivity contribution in [3.63, 3.8) is 0 Å². The van der Waals surface area contributed by atoms with Gasteiger partial charge < -0.3 is 4.74 Å². The van der Waals surface area contributed by atoms with Crippen LogP contribution in [0.2, 0.25) is 0 Å². The molecule has 1 saturated heterocycles. The molecule has 1 aliphatic rings. The predicted molar refractivity (Wildman–Crippen MR) is 71.7 cm³/mol. The lowest BCUT2D eigenvalue weighted by molar-refractivity contribution is 0.348. The van der Waals surface area contributed by atoms with Gasteiger partial charge in [0.2, 0.25) is 0 Å². The molecule has 0 saturated carbocycles. The fraction of sp³-hybridized carbons (Fsp3) is 0.125. The zero-order chi connectivity index (χ0) is 12.1. The topological polar surface area (TPSA) is 12.5 Å². The smallest absolute Gasteiger partial charge is 0.142 e. The number of allylic oxidation sites excluding steroid dienone is 4. The van der Waals surface area contributed by atoms with Crippen molar-refractivity contribution in [1.82, 2.24) is 0 Å². The molecule has 0 aliphatic carbocycles. The molecule has 1 fully saturated rings. The monoisotopic (exact) mass is 224 g/mol. The Hall–Kier alpha value is -1.86. The largest absolute Gasteiger partial charge is 0.359 e. The summed E-state index contributed by atoms with van der Waals surface area (Å²) in [5.74, 6) is 0. The molecule has 1 aromatic rings. The molecule has 1 heteroatoms. The third-order valence-corrected chi connectivity index (χ3v) is 2.88. The lowest BCUT2D eigenvalue weighted by Crippen LogP contribution is -2.10. The first-order valence-corrected chi connectivity index (χ1v) is 5.65. The zero-order valence-corrected chi connectivity index (χ0v) is 9.80. The fourth-order valence-electron chi connectivity index (χ4n) is 1.88. The highest BCUT2D eigenvalue weighted by molar-refractivity contribution is 5.44. The second-order valence-electron chi connectivity index (χ2n) is 3.93. The summed E-state index contributed by atoms with van der Waals surface area (Å²) in [5.41, 5.74) is 1.98. The van der Waals surface area contributed by atoms with Gasteiger partial charge in [-0.2, -0.15) is 0 Å². The minimum atomic E-state index is -0.283. The molecule has 1 heterocycles. The fourth-order valence-corrected chi connectivity index (χ4v) is 1.88. The van der Waals surface area contributed by atoms with Crippen molar-refractivity contribution in [2.45, 2.75) is 5.60 Å². The van der Waals surface area contributed by atoms with Crippen LogP contribution in [0.15, 0.2) is 79.4 Å². The van der Waals surface area contributed by atoms with E-state index >= 15 is 0 Å². The third kappa shape index (κ3) is 2.29. The maximum Gasteiger partial charge on any atom is 0.142 e. The standard InChI is InChI=1S/C16H16O/c1-3-5-7-10-14(4-2)16(13-17-16)15-11-8-6-9-12-15/h3-12H,1-2,13H2/b7-5-,14-10+. The van der Waals surface area contributed by atoms with Gasteiger partial charge in [-0.1, -0.05) is 73.9 Å². The molecule has 1 atom stereocenters. The van der Waals surface area contributed by atoms with Crippen molar-refractivity contribution in [2.75, 3.05) is 6.61 Å². The van der Waals surface area contributed by atoms with E-state index in [2.05, 4.69) is 25.3 Å². The van der Waals surface area contributed by atoms with Crippen LogP contribution in [0, 0.1) is 0 Å². The first-order chi connectivity index (χ1) is 8.33. The molecule has 0 spiro atoms. The van der Waals surface area contributed by atoms with Gasteiger partial charge in [0.05, 0.1) is 6.61 Å². The number of ether oxygens (including phenoxy) is 1. The molecule has 0 radical (unpaired) electrons. The number of epoxide rings is 1. The van der Waals surface area contributed by atoms with E-state index in [9.17, 15) is 0 Å². The summed E-state index contributed by atoms with van der Waals surface area (Å²) >= 11 is 0. The van der Waals surface area contributed by atoms with Crippen LogP contribution in [0.4, 0.5) is 0 Å². The number of rotatable bonds is 5. The van der Waals surface area contributed by atoms with Crippen molar-refractivity contribution < 1.29 is 4.74 Å². The highest BCUT2D eigenvalue weighted by Crippen LogP contribution is 2.45. The summed E-state index contributed by atoms with van der Waals surface area (Å²) in [6.45, 7) is 8.23. The minimum absolute atomic E-state index is 0.283. The average molecular weight is 224 g/mol. The Morgan fingerprint density at radius 3 is 2.41 bits per heavy atom. The summed E-state index contributed by atoms with van der Waals surface area (Å²) in [5, 5.41) is 0. The van der Waals surface area contributed by atoms with Gasteiger partial charge in [0.1, 0.15) is 5.60 Å². The summed E-state index contributed by atoms with van der Waals surface area (Å²) in [7, 11) is 0. The van der Waals surface area contributed by atoms with Crippen molar-refractivity contribution in [2.24, 2.45) is 0 Å². The lowest BCUT2D eigenvalue weighted by atomic mass is 9.91. The van der Waals surface area contributed by atoms with Crippen molar-refractivity contribution in [3.8, 4) is 0 Å². The Kier molecular flexibility index (Phi) is 3.40. The molecule has 1 aromatic carbocycles. The minimum Gasteiger partial charge on any atom is -0.359 e. The van der Waals surface area contributed by atoms with Gasteiger partial charge in [0, 0.05) is 0 Å². The summed E-state index contributed by atoms with van der Waals surface area (Å²) in [4.78, 5) is 0. The quantitative estimate of drug-likeness (QED) is 0.548. The maximum absolute atomic E-state index is 5.67. The molecule has 0 amide bonds. The van der Waals surface area contributed by atoms with Gasteiger partial charge in [-0.15, -0.1) is 0 Å².